The molecule has 0 aliphatic rings. The monoisotopic (exact) mass is 1910 g/mol. The average molecular weight is 1920 g/mol. The molecule has 0 amide bonds. The standard InChI is InChI=1S/C54H35N3.C44H28N4.C40H23N3S/c1-4-14-40(15-5-1)55-49-22-12-10-20-43(49)45-32-36(24-28-51(45)55)38-26-30-53-47(34-38)48-35-39(27-31-54(48)57(53)42-18-8-3-9-19-42)37-25-29-52-46(33-37)44-21-11-13-23-50(44)56(52)41-16-6-2-7-17-41;1-3-13-29(14-4-1)43-35-19-7-10-20-38(35)45-44(46-43)48-40-22-12-9-18-34(40)37-28-31(24-26-42(37)48)30-23-25-41-36(27-30)33-17-8-11-21-39(33)47(41)32-15-5-2-6-16-32;1-2-13-25(14-3-1)36-31-23-22-24-12-4-5-15-26(24)37(31)42-40(41-36)43-32-20-10-8-18-29(32)34-27-16-6-7-17-28(27)35-30-19-9-11-21-33(30)44-39(35)38(34)43/h1-35H;1-28H;1-23H. The first-order chi connectivity index (χ1) is 73.9. The molecule has 0 radical (unpaired) electrons. The molecule has 32 rings (SSSR count). The lowest BCUT2D eigenvalue weighted by atomic mass is 9.98. The summed E-state index contributed by atoms with van der Waals surface area (Å²) in [7, 11) is 0. The average Bonchev–Trinajstić information content (AvgIpc) is 1.53. The fraction of sp³-hybridized carbons (Fsp3) is 0. The van der Waals surface area contributed by atoms with Crippen LogP contribution in [0.5, 0.6) is 0 Å². The molecule has 9 aromatic heterocycles. The highest BCUT2D eigenvalue weighted by molar-refractivity contribution is 7.27. The third kappa shape index (κ3) is 13.7. The van der Waals surface area contributed by atoms with E-state index in [0.717, 1.165) is 77.6 Å². The lowest BCUT2D eigenvalue weighted by molar-refractivity contribution is 1.01. The first-order valence-corrected chi connectivity index (χ1v) is 51.5. The van der Waals surface area contributed by atoms with E-state index in [9.17, 15) is 0 Å². The summed E-state index contributed by atoms with van der Waals surface area (Å²) in [6, 6.07) is 187. The summed E-state index contributed by atoms with van der Waals surface area (Å²) in [5, 5.41) is 24.3. The number of hydrogen-bond acceptors (Lipinski definition) is 5. The molecule has 0 saturated carbocycles. The van der Waals surface area contributed by atoms with Crippen LogP contribution in [-0.2, 0) is 0 Å². The molecule has 0 atom stereocenters. The lowest BCUT2D eigenvalue weighted by Gasteiger charge is -2.14. The Hall–Kier alpha value is -19.7. The Labute approximate surface area is 858 Å². The quantitative estimate of drug-likeness (QED) is 0.121. The van der Waals surface area contributed by atoms with Crippen molar-refractivity contribution in [3.63, 3.8) is 0 Å². The van der Waals surface area contributed by atoms with Crippen LogP contribution in [-0.4, -0.2) is 47.3 Å². The zero-order chi connectivity index (χ0) is 97.8. The van der Waals surface area contributed by atoms with Crippen LogP contribution in [0, 0.1) is 0 Å². The summed E-state index contributed by atoms with van der Waals surface area (Å²) in [4.78, 5) is 21.2. The zero-order valence-electron chi connectivity index (χ0n) is 80.5. The smallest absolute Gasteiger partial charge is 0.235 e. The van der Waals surface area contributed by atoms with Gasteiger partial charge < -0.3 is 18.3 Å². The van der Waals surface area contributed by atoms with Gasteiger partial charge in [0.25, 0.3) is 0 Å². The molecule has 0 N–H and O–H groups in total. The van der Waals surface area contributed by atoms with E-state index in [2.05, 4.69) is 537 Å². The van der Waals surface area contributed by atoms with Crippen LogP contribution in [0.15, 0.2) is 522 Å². The second kappa shape index (κ2) is 34.5. The van der Waals surface area contributed by atoms with Crippen LogP contribution >= 0.6 is 11.3 Å². The first-order valence-electron chi connectivity index (χ1n) is 50.7. The molecule has 9 heterocycles. The second-order valence-corrected chi connectivity index (χ2v) is 39.6. The molecule has 11 heteroatoms. The molecule has 10 nitrogen and oxygen atoms in total. The molecule has 0 bridgehead atoms. The van der Waals surface area contributed by atoms with Crippen LogP contribution in [0.4, 0.5) is 0 Å². The van der Waals surface area contributed by atoms with Gasteiger partial charge in [0.15, 0.2) is 0 Å². The Kier molecular flexibility index (Phi) is 19.7. The van der Waals surface area contributed by atoms with Gasteiger partial charge >= 0.3 is 0 Å². The third-order valence-corrected chi connectivity index (χ3v) is 31.5. The van der Waals surface area contributed by atoms with Crippen molar-refractivity contribution < 1.29 is 0 Å². The molecule has 23 aromatic carbocycles. The van der Waals surface area contributed by atoms with Gasteiger partial charge in [0, 0.05) is 130 Å². The number of rotatable bonds is 11. The van der Waals surface area contributed by atoms with Gasteiger partial charge in [-0.05, 0) is 219 Å². The van der Waals surface area contributed by atoms with Crippen LogP contribution in [0.25, 0.3) is 285 Å². The van der Waals surface area contributed by atoms with Crippen molar-refractivity contribution in [3.05, 3.63) is 522 Å². The summed E-state index contributed by atoms with van der Waals surface area (Å²) in [6.07, 6.45) is 0. The maximum atomic E-state index is 5.43. The highest BCUT2D eigenvalue weighted by atomic mass is 32.1. The minimum absolute atomic E-state index is 0.668. The molecule has 0 saturated heterocycles. The van der Waals surface area contributed by atoms with Crippen molar-refractivity contribution in [2.75, 3.05) is 0 Å². The molecule has 0 fully saturated rings. The highest BCUT2D eigenvalue weighted by Gasteiger charge is 2.28. The molecule has 0 spiro atoms. The largest absolute Gasteiger partial charge is 0.309 e. The molecule has 0 aliphatic carbocycles. The Morgan fingerprint density at radius 1 is 0.161 bits per heavy atom. The van der Waals surface area contributed by atoms with E-state index in [1.807, 2.05) is 23.5 Å². The molecule has 0 unspecified atom stereocenters. The number of nitrogens with zero attached hydrogens (tertiary/aromatic N) is 10. The summed E-state index contributed by atoms with van der Waals surface area (Å²) in [6.45, 7) is 0. The van der Waals surface area contributed by atoms with Gasteiger partial charge in [-0.3, -0.25) is 9.13 Å². The van der Waals surface area contributed by atoms with Gasteiger partial charge in [-0.15, -0.1) is 11.3 Å². The number of aromatic nitrogens is 10. The van der Waals surface area contributed by atoms with Crippen LogP contribution < -0.4 is 0 Å². The van der Waals surface area contributed by atoms with E-state index < -0.39 is 0 Å². The Morgan fingerprint density at radius 2 is 0.450 bits per heavy atom. The number of benzene rings is 23. The summed E-state index contributed by atoms with van der Waals surface area (Å²) >= 11 is 1.86. The van der Waals surface area contributed by atoms with E-state index in [-0.39, 0.29) is 0 Å². The van der Waals surface area contributed by atoms with Gasteiger partial charge in [0.2, 0.25) is 11.9 Å². The van der Waals surface area contributed by atoms with Gasteiger partial charge in [-0.25, -0.2) is 19.9 Å². The minimum atomic E-state index is 0.668. The molecule has 0 aliphatic heterocycles. The summed E-state index contributed by atoms with van der Waals surface area (Å²) in [5.41, 5.74) is 31.8. The van der Waals surface area contributed by atoms with Gasteiger partial charge in [0.05, 0.1) is 93.3 Å². The van der Waals surface area contributed by atoms with Crippen molar-refractivity contribution in [3.8, 4) is 90.5 Å². The maximum Gasteiger partial charge on any atom is 0.235 e. The Bertz CT molecular complexity index is 10900. The number of hydrogen-bond donors (Lipinski definition) is 0. The molecule has 149 heavy (non-hydrogen) atoms. The fourth-order valence-electron chi connectivity index (χ4n) is 23.7. The SMILES string of the molecule is c1ccc(-c2nc(-n3c4ccccc4c4c5ccccc5c5c6ccccc6sc5c43)nc3c2ccc2ccccc23)cc1.c1ccc(-c2nc(-n3c4ccccc4c4cc(-c5ccc6c(c5)c5ccccc5n6-c5ccccc5)ccc43)nc3ccccc23)cc1.c1ccc(-n2c3ccccc3c3cc(-c4ccc5c(c4)c4cc(-c6ccc7c(c6)c6ccccc6n7-c6ccccc6)ccc4n5-c4ccccc4)ccc32)cc1. The second-order valence-electron chi connectivity index (χ2n) is 38.6. The van der Waals surface area contributed by atoms with Crippen molar-refractivity contribution in [2.24, 2.45) is 0 Å². The van der Waals surface area contributed by atoms with Crippen LogP contribution in [0.2, 0.25) is 0 Å². The number of thiophene rings is 1. The maximum absolute atomic E-state index is 5.43. The molecular weight excluding hydrogens is 1830 g/mol. The predicted octanol–water partition coefficient (Wildman–Crippen LogP) is 36.5. The first kappa shape index (κ1) is 84.9. The minimum Gasteiger partial charge on any atom is -0.309 e. The molecular formula is C138H86N10S. The topological polar surface area (TPSA) is 81.1 Å². The molecule has 694 valence electrons. The normalized spacial score (nSPS) is 11.9. The fourth-order valence-corrected chi connectivity index (χ4v) is 25.0. The van der Waals surface area contributed by atoms with Crippen LogP contribution in [0.1, 0.15) is 0 Å². The van der Waals surface area contributed by atoms with E-state index in [0.29, 0.717) is 11.9 Å². The van der Waals surface area contributed by atoms with E-state index in [1.54, 1.807) is 0 Å². The zero-order valence-corrected chi connectivity index (χ0v) is 81.3. The van der Waals surface area contributed by atoms with E-state index >= 15 is 0 Å². The predicted molar refractivity (Wildman–Crippen MR) is 627 cm³/mol. The van der Waals surface area contributed by atoms with Crippen molar-refractivity contribution in [2.45, 2.75) is 0 Å². The van der Waals surface area contributed by atoms with Crippen molar-refractivity contribution >= 4 is 206 Å². The number of fused-ring (bicyclic) bond motifs is 29. The van der Waals surface area contributed by atoms with Gasteiger partial charge in [-0.2, -0.15) is 0 Å². The molecule has 32 aromatic rings. The Balaban J connectivity index is 0.000000104. The third-order valence-electron chi connectivity index (χ3n) is 30.3. The number of para-hydroxylation sites is 10. The van der Waals surface area contributed by atoms with Gasteiger partial charge in [0.1, 0.15) is 0 Å². The lowest BCUT2D eigenvalue weighted by Crippen LogP contribution is -2.04. The highest BCUT2D eigenvalue weighted by Crippen LogP contribution is 2.51. The van der Waals surface area contributed by atoms with E-state index in [1.165, 1.54) is 195 Å². The van der Waals surface area contributed by atoms with Crippen molar-refractivity contribution in [1.29, 1.82) is 0 Å². The Morgan fingerprint density at radius 3 is 0.866 bits per heavy atom. The summed E-state index contributed by atoms with van der Waals surface area (Å²) in [5.74, 6) is 1.36. The summed E-state index contributed by atoms with van der Waals surface area (Å²) < 4.78 is 16.6. The van der Waals surface area contributed by atoms with Crippen LogP contribution in [0.3, 0.4) is 0 Å². The van der Waals surface area contributed by atoms with Gasteiger partial charge in [-0.1, -0.05) is 352 Å². The van der Waals surface area contributed by atoms with Crippen molar-refractivity contribution in [1.82, 2.24) is 47.3 Å². The van der Waals surface area contributed by atoms with E-state index in [4.69, 9.17) is 19.9 Å².